The first-order chi connectivity index (χ1) is 9.10. The van der Waals surface area contributed by atoms with E-state index in [9.17, 15) is 0 Å². The highest BCUT2D eigenvalue weighted by Gasteiger charge is 2.08. The molecule has 1 aromatic carbocycles. The summed E-state index contributed by atoms with van der Waals surface area (Å²) in [6.45, 7) is 6.35. The quantitative estimate of drug-likeness (QED) is 0.868. The molecule has 1 unspecified atom stereocenters. The normalized spacial score (nSPS) is 12.2. The van der Waals surface area contributed by atoms with E-state index < -0.39 is 0 Å². The summed E-state index contributed by atoms with van der Waals surface area (Å²) >= 11 is 3.55. The molecule has 3 heteroatoms. The second kappa shape index (κ2) is 6.20. The molecule has 1 N–H and O–H groups in total. The summed E-state index contributed by atoms with van der Waals surface area (Å²) in [5.41, 5.74) is 3.79. The van der Waals surface area contributed by atoms with Gasteiger partial charge in [-0.2, -0.15) is 0 Å². The van der Waals surface area contributed by atoms with Gasteiger partial charge in [-0.05, 0) is 59.0 Å². The molecular weight excluding hydrogens is 300 g/mol. The molecule has 100 valence electrons. The van der Waals surface area contributed by atoms with Gasteiger partial charge in [0.05, 0.1) is 4.47 Å². The minimum absolute atomic E-state index is 0.234. The Bertz CT molecular complexity index is 549. The van der Waals surface area contributed by atoms with Crippen molar-refractivity contribution in [3.05, 3.63) is 57.7 Å². The van der Waals surface area contributed by atoms with Gasteiger partial charge in [-0.3, -0.25) is 0 Å². The second-order valence-electron chi connectivity index (χ2n) is 4.80. The van der Waals surface area contributed by atoms with Gasteiger partial charge < -0.3 is 5.32 Å². The monoisotopic (exact) mass is 318 g/mol. The maximum atomic E-state index is 4.42. The third-order valence-corrected chi connectivity index (χ3v) is 3.82. The molecular formula is C16H19BrN2. The van der Waals surface area contributed by atoms with E-state index >= 15 is 0 Å². The minimum atomic E-state index is 0.234. The van der Waals surface area contributed by atoms with Gasteiger partial charge in [-0.15, -0.1) is 0 Å². The molecule has 2 nitrogen and oxygen atoms in total. The lowest BCUT2D eigenvalue weighted by Gasteiger charge is -2.16. The Balaban J connectivity index is 2.13. The van der Waals surface area contributed by atoms with E-state index in [-0.39, 0.29) is 6.04 Å². The van der Waals surface area contributed by atoms with Crippen LogP contribution < -0.4 is 5.32 Å². The van der Waals surface area contributed by atoms with Gasteiger partial charge in [-0.25, -0.2) is 4.98 Å². The molecule has 0 radical (unpaired) electrons. The molecule has 0 aliphatic heterocycles. The van der Waals surface area contributed by atoms with Crippen LogP contribution in [-0.4, -0.2) is 4.98 Å². The Morgan fingerprint density at radius 2 is 1.95 bits per heavy atom. The maximum absolute atomic E-state index is 4.42. The highest BCUT2D eigenvalue weighted by Crippen LogP contribution is 2.25. The third-order valence-electron chi connectivity index (χ3n) is 3.22. The molecule has 0 aliphatic carbocycles. The minimum Gasteiger partial charge on any atom is -0.363 e. The van der Waals surface area contributed by atoms with E-state index in [1.54, 1.807) is 0 Å². The standard InChI is InChI=1S/C16H19BrN2/c1-4-13-5-7-14(8-6-13)12(3)19-16-15(17)9-11(2)10-18-16/h5-10,12H,4H2,1-3H3,(H,18,19). The predicted octanol–water partition coefficient (Wildman–Crippen LogP) is 4.89. The van der Waals surface area contributed by atoms with E-state index in [1.165, 1.54) is 11.1 Å². The topological polar surface area (TPSA) is 24.9 Å². The molecule has 0 fully saturated rings. The molecule has 19 heavy (non-hydrogen) atoms. The highest BCUT2D eigenvalue weighted by atomic mass is 79.9. The van der Waals surface area contributed by atoms with Gasteiger partial charge in [0, 0.05) is 12.2 Å². The maximum Gasteiger partial charge on any atom is 0.140 e. The molecule has 1 heterocycles. The lowest BCUT2D eigenvalue weighted by atomic mass is 10.1. The van der Waals surface area contributed by atoms with Crippen molar-refractivity contribution >= 4 is 21.7 Å². The van der Waals surface area contributed by atoms with E-state index in [0.29, 0.717) is 0 Å². The van der Waals surface area contributed by atoms with Crippen molar-refractivity contribution in [2.24, 2.45) is 0 Å². The molecule has 0 aliphatic rings. The molecule has 0 saturated heterocycles. The SMILES string of the molecule is CCc1ccc(C(C)Nc2ncc(C)cc2Br)cc1. The Morgan fingerprint density at radius 3 is 2.53 bits per heavy atom. The van der Waals surface area contributed by atoms with Crippen LogP contribution in [0.15, 0.2) is 41.0 Å². The fourth-order valence-corrected chi connectivity index (χ4v) is 2.55. The van der Waals surface area contributed by atoms with Gasteiger partial charge in [0.2, 0.25) is 0 Å². The smallest absolute Gasteiger partial charge is 0.140 e. The van der Waals surface area contributed by atoms with Crippen molar-refractivity contribution in [3.8, 4) is 0 Å². The van der Waals surface area contributed by atoms with Gasteiger partial charge in [0.1, 0.15) is 5.82 Å². The van der Waals surface area contributed by atoms with Crippen molar-refractivity contribution < 1.29 is 0 Å². The number of aryl methyl sites for hydroxylation is 2. The molecule has 1 aromatic heterocycles. The molecule has 0 spiro atoms. The summed E-state index contributed by atoms with van der Waals surface area (Å²) in [5, 5.41) is 3.43. The van der Waals surface area contributed by atoms with Crippen LogP contribution in [0.5, 0.6) is 0 Å². The summed E-state index contributed by atoms with van der Waals surface area (Å²) in [6, 6.07) is 11.0. The second-order valence-corrected chi connectivity index (χ2v) is 5.66. The summed E-state index contributed by atoms with van der Waals surface area (Å²) in [5.74, 6) is 0.887. The summed E-state index contributed by atoms with van der Waals surface area (Å²) in [7, 11) is 0. The molecule has 1 atom stereocenters. The first-order valence-corrected chi connectivity index (χ1v) is 7.37. The fraction of sp³-hybridized carbons (Fsp3) is 0.312. The Morgan fingerprint density at radius 1 is 1.26 bits per heavy atom. The van der Waals surface area contributed by atoms with Crippen LogP contribution in [0.25, 0.3) is 0 Å². The fourth-order valence-electron chi connectivity index (χ4n) is 1.97. The number of hydrogen-bond donors (Lipinski definition) is 1. The number of nitrogens with one attached hydrogen (secondary N) is 1. The third kappa shape index (κ3) is 3.57. The number of halogens is 1. The van der Waals surface area contributed by atoms with Crippen molar-refractivity contribution in [3.63, 3.8) is 0 Å². The molecule has 0 saturated carbocycles. The average Bonchev–Trinajstić information content (AvgIpc) is 2.42. The van der Waals surface area contributed by atoms with Gasteiger partial charge in [-0.1, -0.05) is 31.2 Å². The van der Waals surface area contributed by atoms with Crippen LogP contribution in [0.4, 0.5) is 5.82 Å². The molecule has 2 rings (SSSR count). The summed E-state index contributed by atoms with van der Waals surface area (Å²) in [4.78, 5) is 4.42. The van der Waals surface area contributed by atoms with Crippen LogP contribution in [0, 0.1) is 6.92 Å². The van der Waals surface area contributed by atoms with Crippen LogP contribution in [-0.2, 0) is 6.42 Å². The molecule has 0 amide bonds. The van der Waals surface area contributed by atoms with E-state index in [0.717, 1.165) is 22.3 Å². The highest BCUT2D eigenvalue weighted by molar-refractivity contribution is 9.10. The first kappa shape index (κ1) is 14.1. The number of benzene rings is 1. The zero-order valence-electron chi connectivity index (χ0n) is 11.6. The van der Waals surface area contributed by atoms with Crippen LogP contribution >= 0.6 is 15.9 Å². The summed E-state index contributed by atoms with van der Waals surface area (Å²) in [6.07, 6.45) is 2.95. The number of aromatic nitrogens is 1. The van der Waals surface area contributed by atoms with Crippen LogP contribution in [0.3, 0.4) is 0 Å². The van der Waals surface area contributed by atoms with E-state index in [1.807, 2.05) is 13.1 Å². The predicted molar refractivity (Wildman–Crippen MR) is 84.5 cm³/mol. The van der Waals surface area contributed by atoms with Gasteiger partial charge >= 0.3 is 0 Å². The average molecular weight is 319 g/mol. The van der Waals surface area contributed by atoms with Gasteiger partial charge in [0.15, 0.2) is 0 Å². The van der Waals surface area contributed by atoms with Crippen molar-refractivity contribution in [2.45, 2.75) is 33.2 Å². The zero-order valence-corrected chi connectivity index (χ0v) is 13.2. The van der Waals surface area contributed by atoms with E-state index in [4.69, 9.17) is 0 Å². The Hall–Kier alpha value is -1.35. The number of pyridine rings is 1. The Kier molecular flexibility index (Phi) is 4.59. The lowest BCUT2D eigenvalue weighted by molar-refractivity contribution is 0.870. The van der Waals surface area contributed by atoms with E-state index in [2.05, 4.69) is 70.4 Å². The van der Waals surface area contributed by atoms with Gasteiger partial charge in [0.25, 0.3) is 0 Å². The van der Waals surface area contributed by atoms with Crippen molar-refractivity contribution in [1.29, 1.82) is 0 Å². The first-order valence-electron chi connectivity index (χ1n) is 6.57. The number of hydrogen-bond acceptors (Lipinski definition) is 2. The van der Waals surface area contributed by atoms with Crippen LogP contribution in [0.1, 0.15) is 36.6 Å². The zero-order chi connectivity index (χ0) is 13.8. The molecule has 0 bridgehead atoms. The number of nitrogens with zero attached hydrogens (tertiary/aromatic N) is 1. The molecule has 2 aromatic rings. The largest absolute Gasteiger partial charge is 0.363 e. The van der Waals surface area contributed by atoms with Crippen molar-refractivity contribution in [2.75, 3.05) is 5.32 Å². The number of anilines is 1. The van der Waals surface area contributed by atoms with Crippen LogP contribution in [0.2, 0.25) is 0 Å². The van der Waals surface area contributed by atoms with Crippen molar-refractivity contribution in [1.82, 2.24) is 4.98 Å². The Labute approximate surface area is 123 Å². The summed E-state index contributed by atoms with van der Waals surface area (Å²) < 4.78 is 1.00. The number of rotatable bonds is 4. The lowest BCUT2D eigenvalue weighted by Crippen LogP contribution is -2.08.